The Kier molecular flexibility index (Phi) is 7.04. The molecule has 0 heterocycles. The molecular formula is C20H20N4O3. The largest absolute Gasteiger partial charge is 0.326 e. The first kappa shape index (κ1) is 19.6. The molecule has 5 N–H and O–H groups in total. The van der Waals surface area contributed by atoms with Crippen molar-refractivity contribution in [2.75, 3.05) is 5.32 Å². The topological polar surface area (TPSA) is 113 Å². The van der Waals surface area contributed by atoms with Gasteiger partial charge in [-0.25, -0.2) is 5.84 Å². The van der Waals surface area contributed by atoms with Crippen LogP contribution in [0.1, 0.15) is 22.8 Å². The van der Waals surface area contributed by atoms with Crippen molar-refractivity contribution < 1.29 is 14.4 Å². The number of benzene rings is 2. The van der Waals surface area contributed by atoms with E-state index in [1.54, 1.807) is 36.4 Å². The number of allylic oxidation sites excluding steroid dienone is 2. The molecule has 2 aromatic carbocycles. The summed E-state index contributed by atoms with van der Waals surface area (Å²) >= 11 is 0. The number of rotatable bonds is 6. The number of anilines is 1. The van der Waals surface area contributed by atoms with Crippen LogP contribution in [0.25, 0.3) is 6.08 Å². The van der Waals surface area contributed by atoms with Gasteiger partial charge in [-0.15, -0.1) is 0 Å². The second-order valence-corrected chi connectivity index (χ2v) is 5.54. The van der Waals surface area contributed by atoms with Gasteiger partial charge in [0.05, 0.1) is 0 Å². The second kappa shape index (κ2) is 9.69. The third kappa shape index (κ3) is 6.26. The van der Waals surface area contributed by atoms with Crippen LogP contribution in [0.3, 0.4) is 0 Å². The maximum Gasteiger partial charge on any atom is 0.281 e. The highest BCUT2D eigenvalue weighted by atomic mass is 16.2. The van der Waals surface area contributed by atoms with Crippen molar-refractivity contribution in [1.82, 2.24) is 10.7 Å². The normalized spacial score (nSPS) is 11.1. The lowest BCUT2D eigenvalue weighted by molar-refractivity contribution is -0.118. The van der Waals surface area contributed by atoms with Crippen molar-refractivity contribution in [3.05, 3.63) is 83.6 Å². The van der Waals surface area contributed by atoms with Crippen LogP contribution >= 0.6 is 0 Å². The summed E-state index contributed by atoms with van der Waals surface area (Å²) in [7, 11) is 0. The zero-order chi connectivity index (χ0) is 19.6. The van der Waals surface area contributed by atoms with Gasteiger partial charge in [-0.2, -0.15) is 0 Å². The van der Waals surface area contributed by atoms with Crippen molar-refractivity contribution in [2.24, 2.45) is 5.84 Å². The van der Waals surface area contributed by atoms with Crippen LogP contribution in [0, 0.1) is 0 Å². The molecule has 0 radical (unpaired) electrons. The summed E-state index contributed by atoms with van der Waals surface area (Å²) in [5.74, 6) is 3.87. The zero-order valence-electron chi connectivity index (χ0n) is 14.7. The van der Waals surface area contributed by atoms with Gasteiger partial charge < -0.3 is 10.6 Å². The zero-order valence-corrected chi connectivity index (χ0v) is 14.7. The van der Waals surface area contributed by atoms with E-state index in [0.29, 0.717) is 11.3 Å². The maximum atomic E-state index is 12.4. The predicted octanol–water partition coefficient (Wildman–Crippen LogP) is 1.96. The lowest BCUT2D eigenvalue weighted by Crippen LogP contribution is -2.38. The number of nitrogens with one attached hydrogen (secondary N) is 3. The average Bonchev–Trinajstić information content (AvgIpc) is 2.67. The van der Waals surface area contributed by atoms with Crippen LogP contribution in [-0.4, -0.2) is 17.7 Å². The summed E-state index contributed by atoms with van der Waals surface area (Å²) in [5, 5.41) is 5.13. The predicted molar refractivity (Wildman–Crippen MR) is 104 cm³/mol. The van der Waals surface area contributed by atoms with Crippen molar-refractivity contribution >= 4 is 29.5 Å². The molecular weight excluding hydrogens is 344 g/mol. The molecule has 3 amide bonds. The van der Waals surface area contributed by atoms with E-state index in [4.69, 9.17) is 5.84 Å². The molecule has 2 aromatic rings. The lowest BCUT2D eigenvalue weighted by Gasteiger charge is -2.09. The van der Waals surface area contributed by atoms with E-state index >= 15 is 0 Å². The molecule has 0 aliphatic rings. The standard InChI is InChI=1S/C20H20N4O3/c1-14(25)22-17-12-10-16(11-13-17)19(26)23-18(20(27)24-21)9-5-8-15-6-3-2-4-7-15/h2-13H,21H2,1H3,(H,22,25)(H,23,26)(H,24,27)/b8-5-,18-9+. The minimum absolute atomic E-state index is 0.000573. The number of amides is 3. The second-order valence-electron chi connectivity index (χ2n) is 5.54. The van der Waals surface area contributed by atoms with Gasteiger partial charge in [-0.05, 0) is 35.9 Å². The molecule has 0 bridgehead atoms. The Morgan fingerprint density at radius 3 is 2.22 bits per heavy atom. The molecule has 7 heteroatoms. The minimum atomic E-state index is -0.629. The van der Waals surface area contributed by atoms with E-state index in [0.717, 1.165) is 5.56 Å². The van der Waals surface area contributed by atoms with E-state index < -0.39 is 11.8 Å². The highest BCUT2D eigenvalue weighted by Gasteiger charge is 2.13. The number of nitrogens with two attached hydrogens (primary N) is 1. The Labute approximate surface area is 156 Å². The first-order valence-electron chi connectivity index (χ1n) is 8.13. The van der Waals surface area contributed by atoms with Gasteiger partial charge in [0.1, 0.15) is 5.70 Å². The van der Waals surface area contributed by atoms with E-state index in [9.17, 15) is 14.4 Å². The highest BCUT2D eigenvalue weighted by molar-refractivity contribution is 6.03. The summed E-state index contributed by atoms with van der Waals surface area (Å²) in [5.41, 5.74) is 3.84. The molecule has 27 heavy (non-hydrogen) atoms. The van der Waals surface area contributed by atoms with Gasteiger partial charge >= 0.3 is 0 Å². The molecule has 0 saturated carbocycles. The van der Waals surface area contributed by atoms with E-state index in [1.807, 2.05) is 35.8 Å². The Hall–Kier alpha value is -3.71. The molecule has 138 valence electrons. The molecule has 0 aliphatic carbocycles. The first-order chi connectivity index (χ1) is 13.0. The summed E-state index contributed by atoms with van der Waals surface area (Å²) in [6.45, 7) is 1.39. The van der Waals surface area contributed by atoms with Crippen LogP contribution in [0.2, 0.25) is 0 Å². The molecule has 0 fully saturated rings. The fourth-order valence-corrected chi connectivity index (χ4v) is 2.17. The van der Waals surface area contributed by atoms with Gasteiger partial charge in [0.25, 0.3) is 11.8 Å². The summed E-state index contributed by atoms with van der Waals surface area (Å²) in [4.78, 5) is 35.3. The molecule has 0 spiro atoms. The Morgan fingerprint density at radius 1 is 0.963 bits per heavy atom. The number of hydrogen-bond donors (Lipinski definition) is 4. The lowest BCUT2D eigenvalue weighted by atomic mass is 10.2. The van der Waals surface area contributed by atoms with Crippen LogP contribution < -0.4 is 21.9 Å². The number of carbonyl (C=O) groups is 3. The molecule has 0 saturated heterocycles. The summed E-state index contributed by atoms with van der Waals surface area (Å²) < 4.78 is 0. The van der Waals surface area contributed by atoms with Crippen LogP contribution in [-0.2, 0) is 9.59 Å². The SMILES string of the molecule is CC(=O)Nc1ccc(C(=O)N/C(=C/C=C\c2ccccc2)C(=O)NN)cc1. The smallest absolute Gasteiger partial charge is 0.281 e. The van der Waals surface area contributed by atoms with E-state index in [1.165, 1.54) is 13.0 Å². The molecule has 2 rings (SSSR count). The van der Waals surface area contributed by atoms with Gasteiger partial charge in [-0.1, -0.05) is 42.5 Å². The van der Waals surface area contributed by atoms with Gasteiger partial charge in [0.15, 0.2) is 0 Å². The maximum absolute atomic E-state index is 12.4. The van der Waals surface area contributed by atoms with Gasteiger partial charge in [-0.3, -0.25) is 19.8 Å². The number of hydrogen-bond acceptors (Lipinski definition) is 4. The molecule has 0 atom stereocenters. The fraction of sp³-hybridized carbons (Fsp3) is 0.0500. The third-order valence-corrected chi connectivity index (χ3v) is 3.44. The third-order valence-electron chi connectivity index (χ3n) is 3.44. The molecule has 7 nitrogen and oxygen atoms in total. The molecule has 0 aromatic heterocycles. The Morgan fingerprint density at radius 2 is 1.63 bits per heavy atom. The monoisotopic (exact) mass is 364 g/mol. The number of hydrazine groups is 1. The number of carbonyl (C=O) groups excluding carboxylic acids is 3. The minimum Gasteiger partial charge on any atom is -0.326 e. The summed E-state index contributed by atoms with van der Waals surface area (Å²) in [6, 6.07) is 15.8. The highest BCUT2D eigenvalue weighted by Crippen LogP contribution is 2.10. The van der Waals surface area contributed by atoms with Crippen LogP contribution in [0.5, 0.6) is 0 Å². The quantitative estimate of drug-likeness (QED) is 0.206. The van der Waals surface area contributed by atoms with Crippen molar-refractivity contribution in [3.63, 3.8) is 0 Å². The average molecular weight is 364 g/mol. The molecule has 0 unspecified atom stereocenters. The van der Waals surface area contributed by atoms with Crippen molar-refractivity contribution in [2.45, 2.75) is 6.92 Å². The first-order valence-corrected chi connectivity index (χ1v) is 8.13. The van der Waals surface area contributed by atoms with Gasteiger partial charge in [0, 0.05) is 18.2 Å². The molecule has 0 aliphatic heterocycles. The summed E-state index contributed by atoms with van der Waals surface area (Å²) in [6.07, 6.45) is 4.89. The van der Waals surface area contributed by atoms with Crippen LogP contribution in [0.15, 0.2) is 72.4 Å². The van der Waals surface area contributed by atoms with Gasteiger partial charge in [0.2, 0.25) is 5.91 Å². The van der Waals surface area contributed by atoms with E-state index in [2.05, 4.69) is 10.6 Å². The van der Waals surface area contributed by atoms with Crippen molar-refractivity contribution in [1.29, 1.82) is 0 Å². The Bertz CT molecular complexity index is 872. The Balaban J connectivity index is 2.11. The fourth-order valence-electron chi connectivity index (χ4n) is 2.17. The van der Waals surface area contributed by atoms with E-state index in [-0.39, 0.29) is 11.6 Å². The van der Waals surface area contributed by atoms with Crippen molar-refractivity contribution in [3.8, 4) is 0 Å². The van der Waals surface area contributed by atoms with Crippen LogP contribution in [0.4, 0.5) is 5.69 Å².